The van der Waals surface area contributed by atoms with Gasteiger partial charge in [0, 0.05) is 16.7 Å². The molecular formula is C12H12Cl2FNO3S. The van der Waals surface area contributed by atoms with Gasteiger partial charge in [-0.25, -0.2) is 12.8 Å². The van der Waals surface area contributed by atoms with Crippen LogP contribution in [0, 0.1) is 11.7 Å². The number of halogens is 3. The first-order valence-electron chi connectivity index (χ1n) is 5.94. The molecule has 1 saturated carbocycles. The molecule has 20 heavy (non-hydrogen) atoms. The Morgan fingerprint density at radius 1 is 1.45 bits per heavy atom. The molecule has 0 spiro atoms. The zero-order valence-electron chi connectivity index (χ0n) is 10.5. The minimum Gasteiger partial charge on any atom is -0.349 e. The molecule has 1 fully saturated rings. The maximum absolute atomic E-state index is 13.6. The number of hydrogen-bond donors (Lipinski definition) is 1. The molecule has 8 heteroatoms. The van der Waals surface area contributed by atoms with Crippen molar-refractivity contribution in [2.45, 2.75) is 30.7 Å². The largest absolute Gasteiger partial charge is 0.349 e. The standard InChI is InChI=1S/C12H12Cl2FNO3S/c1-6(7-2-3-7)16-12(17)9-4-8(20(14,18)19)5-10(15)11(9)13/h4-7H,2-3H2,1H3,(H,16,17). The van der Waals surface area contributed by atoms with Crippen LogP contribution in [-0.2, 0) is 9.05 Å². The highest BCUT2D eigenvalue weighted by molar-refractivity contribution is 8.13. The van der Waals surface area contributed by atoms with E-state index < -0.39 is 30.7 Å². The quantitative estimate of drug-likeness (QED) is 0.857. The molecule has 1 atom stereocenters. The molecule has 1 N–H and O–H groups in total. The Labute approximate surface area is 125 Å². The van der Waals surface area contributed by atoms with E-state index in [-0.39, 0.29) is 11.6 Å². The first-order valence-corrected chi connectivity index (χ1v) is 8.63. The van der Waals surface area contributed by atoms with Crippen LogP contribution in [0.4, 0.5) is 4.39 Å². The van der Waals surface area contributed by atoms with Crippen LogP contribution in [0.3, 0.4) is 0 Å². The van der Waals surface area contributed by atoms with Crippen molar-refractivity contribution in [2.24, 2.45) is 5.92 Å². The highest BCUT2D eigenvalue weighted by Gasteiger charge is 2.30. The van der Waals surface area contributed by atoms with Crippen molar-refractivity contribution in [1.82, 2.24) is 5.32 Å². The fourth-order valence-electron chi connectivity index (χ4n) is 1.87. The zero-order valence-corrected chi connectivity index (χ0v) is 12.8. The van der Waals surface area contributed by atoms with Gasteiger partial charge < -0.3 is 5.32 Å². The van der Waals surface area contributed by atoms with Crippen molar-refractivity contribution in [1.29, 1.82) is 0 Å². The number of carbonyl (C=O) groups excluding carboxylic acids is 1. The molecule has 0 aliphatic heterocycles. The number of hydrogen-bond acceptors (Lipinski definition) is 3. The minimum atomic E-state index is -4.14. The van der Waals surface area contributed by atoms with Gasteiger partial charge in [-0.3, -0.25) is 4.79 Å². The van der Waals surface area contributed by atoms with Gasteiger partial charge in [0.15, 0.2) is 0 Å². The molecule has 1 unspecified atom stereocenters. The first-order chi connectivity index (χ1) is 9.20. The Bertz CT molecular complexity index is 659. The molecular weight excluding hydrogens is 328 g/mol. The molecule has 1 aliphatic rings. The van der Waals surface area contributed by atoms with Crippen molar-refractivity contribution in [3.05, 3.63) is 28.5 Å². The summed E-state index contributed by atoms with van der Waals surface area (Å²) >= 11 is 5.72. The van der Waals surface area contributed by atoms with Gasteiger partial charge >= 0.3 is 0 Å². The summed E-state index contributed by atoms with van der Waals surface area (Å²) in [5.41, 5.74) is -0.238. The molecule has 0 radical (unpaired) electrons. The predicted octanol–water partition coefficient (Wildman–Crippen LogP) is 2.93. The lowest BCUT2D eigenvalue weighted by Gasteiger charge is -2.14. The predicted molar refractivity (Wildman–Crippen MR) is 74.1 cm³/mol. The summed E-state index contributed by atoms with van der Waals surface area (Å²) in [5.74, 6) is -1.21. The SMILES string of the molecule is CC(NC(=O)c1cc(S(=O)(=O)Cl)cc(F)c1Cl)C1CC1. The zero-order chi connectivity index (χ0) is 15.1. The molecule has 1 aromatic rings. The average molecular weight is 340 g/mol. The molecule has 2 rings (SSSR count). The average Bonchev–Trinajstić information content (AvgIpc) is 3.14. The van der Waals surface area contributed by atoms with E-state index in [1.54, 1.807) is 0 Å². The maximum Gasteiger partial charge on any atom is 0.261 e. The van der Waals surface area contributed by atoms with Gasteiger partial charge in [-0.1, -0.05) is 11.6 Å². The van der Waals surface area contributed by atoms with E-state index in [1.807, 2.05) is 6.92 Å². The van der Waals surface area contributed by atoms with Gasteiger partial charge in [-0.2, -0.15) is 0 Å². The van der Waals surface area contributed by atoms with Crippen molar-refractivity contribution in [2.75, 3.05) is 0 Å². The lowest BCUT2D eigenvalue weighted by molar-refractivity contribution is 0.0935. The molecule has 1 aromatic carbocycles. The monoisotopic (exact) mass is 339 g/mol. The van der Waals surface area contributed by atoms with Gasteiger partial charge in [0.25, 0.3) is 15.0 Å². The van der Waals surface area contributed by atoms with Crippen LogP contribution in [0.5, 0.6) is 0 Å². The third-order valence-electron chi connectivity index (χ3n) is 3.22. The summed E-state index contributed by atoms with van der Waals surface area (Å²) in [5, 5.41) is 2.26. The van der Waals surface area contributed by atoms with Gasteiger partial charge in [0.2, 0.25) is 0 Å². The number of amides is 1. The van der Waals surface area contributed by atoms with E-state index in [0.717, 1.165) is 18.9 Å². The van der Waals surface area contributed by atoms with E-state index in [2.05, 4.69) is 5.32 Å². The van der Waals surface area contributed by atoms with E-state index in [9.17, 15) is 17.6 Å². The highest BCUT2D eigenvalue weighted by Crippen LogP contribution is 2.33. The molecule has 110 valence electrons. The third kappa shape index (κ3) is 3.42. The van der Waals surface area contributed by atoms with E-state index in [4.69, 9.17) is 22.3 Å². The van der Waals surface area contributed by atoms with Gasteiger partial charge in [-0.15, -0.1) is 0 Å². The number of nitrogens with one attached hydrogen (secondary N) is 1. The van der Waals surface area contributed by atoms with Crippen LogP contribution in [0.1, 0.15) is 30.1 Å². The highest BCUT2D eigenvalue weighted by atomic mass is 35.7. The van der Waals surface area contributed by atoms with Crippen LogP contribution in [0.25, 0.3) is 0 Å². The Morgan fingerprint density at radius 3 is 2.55 bits per heavy atom. The van der Waals surface area contributed by atoms with Crippen LogP contribution < -0.4 is 5.32 Å². The molecule has 1 amide bonds. The molecule has 4 nitrogen and oxygen atoms in total. The first kappa shape index (κ1) is 15.5. The van der Waals surface area contributed by atoms with E-state index in [1.165, 1.54) is 0 Å². The van der Waals surface area contributed by atoms with Crippen molar-refractivity contribution >= 4 is 37.2 Å². The Balaban J connectivity index is 2.34. The second kappa shape index (κ2) is 5.50. The summed E-state index contributed by atoms with van der Waals surface area (Å²) in [4.78, 5) is 11.5. The number of rotatable bonds is 4. The molecule has 0 bridgehead atoms. The van der Waals surface area contributed by atoms with Crippen molar-refractivity contribution < 1.29 is 17.6 Å². The lowest BCUT2D eigenvalue weighted by atomic mass is 10.1. The fraction of sp³-hybridized carbons (Fsp3) is 0.417. The molecule has 0 saturated heterocycles. The van der Waals surface area contributed by atoms with E-state index >= 15 is 0 Å². The van der Waals surface area contributed by atoms with Crippen LogP contribution in [0.15, 0.2) is 17.0 Å². The number of benzene rings is 1. The summed E-state index contributed by atoms with van der Waals surface area (Å²) < 4.78 is 36.1. The Hall–Kier alpha value is -0.850. The molecule has 1 aliphatic carbocycles. The lowest BCUT2D eigenvalue weighted by Crippen LogP contribution is -2.34. The van der Waals surface area contributed by atoms with E-state index in [0.29, 0.717) is 12.0 Å². The Morgan fingerprint density at radius 2 is 2.05 bits per heavy atom. The van der Waals surface area contributed by atoms with Crippen molar-refractivity contribution in [3.63, 3.8) is 0 Å². The van der Waals surface area contributed by atoms with Crippen LogP contribution >= 0.6 is 22.3 Å². The third-order valence-corrected chi connectivity index (χ3v) is 4.93. The van der Waals surface area contributed by atoms with Gasteiger partial charge in [0.05, 0.1) is 15.5 Å². The Kier molecular flexibility index (Phi) is 4.27. The van der Waals surface area contributed by atoms with Gasteiger partial charge in [0.1, 0.15) is 5.82 Å². The maximum atomic E-state index is 13.6. The number of carbonyl (C=O) groups is 1. The molecule has 0 aromatic heterocycles. The van der Waals surface area contributed by atoms with Gasteiger partial charge in [-0.05, 0) is 37.8 Å². The summed E-state index contributed by atoms with van der Waals surface area (Å²) in [7, 11) is 1.02. The normalized spacial score (nSPS) is 16.8. The second-order valence-electron chi connectivity index (χ2n) is 4.80. The fourth-order valence-corrected chi connectivity index (χ4v) is 2.83. The summed E-state index contributed by atoms with van der Waals surface area (Å²) in [6.07, 6.45) is 2.05. The smallest absolute Gasteiger partial charge is 0.261 e. The van der Waals surface area contributed by atoms with Crippen molar-refractivity contribution in [3.8, 4) is 0 Å². The van der Waals surface area contributed by atoms with Crippen LogP contribution in [-0.4, -0.2) is 20.4 Å². The molecule has 0 heterocycles. The topological polar surface area (TPSA) is 63.2 Å². The summed E-state index contributed by atoms with van der Waals surface area (Å²) in [6, 6.07) is 1.59. The van der Waals surface area contributed by atoms with Crippen LogP contribution in [0.2, 0.25) is 5.02 Å². The summed E-state index contributed by atoms with van der Waals surface area (Å²) in [6.45, 7) is 1.84. The second-order valence-corrected chi connectivity index (χ2v) is 7.75. The minimum absolute atomic E-state index is 0.0714.